The molecule has 0 bridgehead atoms. The molecule has 0 spiro atoms. The maximum atomic E-state index is 12.9. The van der Waals surface area contributed by atoms with Gasteiger partial charge in [-0.2, -0.15) is 0 Å². The van der Waals surface area contributed by atoms with E-state index >= 15 is 0 Å². The van der Waals surface area contributed by atoms with Crippen LogP contribution in [0.3, 0.4) is 0 Å². The molecule has 104 valence electrons. The number of β-amino-alcohol motifs (C(OH)–C–C–N with tert-alkyl or cyclic N) is 1. The molecule has 0 saturated carbocycles. The minimum atomic E-state index is -0.471. The average molecular weight is 286 g/mol. The van der Waals surface area contributed by atoms with Crippen LogP contribution in [0.5, 0.6) is 0 Å². The van der Waals surface area contributed by atoms with Gasteiger partial charge in [0, 0.05) is 18.1 Å². The van der Waals surface area contributed by atoms with E-state index in [1.165, 1.54) is 18.2 Å². The molecule has 2 rings (SSSR count). The van der Waals surface area contributed by atoms with Gasteiger partial charge < -0.3 is 10.0 Å². The van der Waals surface area contributed by atoms with Gasteiger partial charge in [-0.25, -0.2) is 4.39 Å². The number of piperidine rings is 1. The van der Waals surface area contributed by atoms with Crippen LogP contribution in [0.15, 0.2) is 18.2 Å². The quantitative estimate of drug-likeness (QED) is 0.905. The molecule has 19 heavy (non-hydrogen) atoms. The molecule has 0 aromatic heterocycles. The molecule has 1 heterocycles. The Labute approximate surface area is 117 Å². The van der Waals surface area contributed by atoms with E-state index in [0.717, 1.165) is 6.42 Å². The van der Waals surface area contributed by atoms with Crippen LogP contribution >= 0.6 is 11.6 Å². The van der Waals surface area contributed by atoms with Crippen LogP contribution in [0.25, 0.3) is 0 Å². The van der Waals surface area contributed by atoms with E-state index in [1.807, 2.05) is 6.92 Å². The molecule has 0 radical (unpaired) electrons. The monoisotopic (exact) mass is 285 g/mol. The number of likely N-dealkylation sites (tertiary alicyclic amines) is 1. The van der Waals surface area contributed by atoms with Gasteiger partial charge in [0.1, 0.15) is 5.82 Å². The number of carbonyl (C=O) groups excluding carboxylic acids is 1. The van der Waals surface area contributed by atoms with Gasteiger partial charge in [0.25, 0.3) is 0 Å². The Kier molecular flexibility index (Phi) is 4.42. The number of aliphatic hydroxyl groups excluding tert-OH is 1. The molecule has 1 aliphatic rings. The van der Waals surface area contributed by atoms with Crippen molar-refractivity contribution in [1.29, 1.82) is 0 Å². The number of aliphatic hydroxyl groups is 1. The molecule has 1 saturated heterocycles. The molecule has 3 nitrogen and oxygen atoms in total. The van der Waals surface area contributed by atoms with Gasteiger partial charge in [-0.05, 0) is 30.0 Å². The summed E-state index contributed by atoms with van der Waals surface area (Å²) in [5, 5.41) is 10.0. The van der Waals surface area contributed by atoms with Crippen molar-refractivity contribution in [2.45, 2.75) is 25.9 Å². The first-order valence-electron chi connectivity index (χ1n) is 6.37. The summed E-state index contributed by atoms with van der Waals surface area (Å²) in [4.78, 5) is 13.8. The lowest BCUT2D eigenvalue weighted by Crippen LogP contribution is -2.46. The Morgan fingerprint density at radius 3 is 2.95 bits per heavy atom. The number of carbonyl (C=O) groups is 1. The zero-order valence-electron chi connectivity index (χ0n) is 10.8. The van der Waals surface area contributed by atoms with Gasteiger partial charge >= 0.3 is 0 Å². The fourth-order valence-electron chi connectivity index (χ4n) is 2.22. The first kappa shape index (κ1) is 14.3. The maximum Gasteiger partial charge on any atom is 0.227 e. The summed E-state index contributed by atoms with van der Waals surface area (Å²) in [5.74, 6) is -0.277. The summed E-state index contributed by atoms with van der Waals surface area (Å²) >= 11 is 5.90. The minimum absolute atomic E-state index is 0.0838. The number of halogens is 2. The second-order valence-electron chi connectivity index (χ2n) is 5.09. The largest absolute Gasteiger partial charge is 0.391 e. The number of amides is 1. The highest BCUT2D eigenvalue weighted by Crippen LogP contribution is 2.21. The molecule has 1 aliphatic heterocycles. The van der Waals surface area contributed by atoms with Crippen LogP contribution in [0, 0.1) is 11.7 Å². The molecule has 1 aromatic rings. The first-order valence-corrected chi connectivity index (χ1v) is 6.75. The van der Waals surface area contributed by atoms with E-state index in [0.29, 0.717) is 18.7 Å². The van der Waals surface area contributed by atoms with Crippen LogP contribution < -0.4 is 0 Å². The molecule has 5 heteroatoms. The van der Waals surface area contributed by atoms with Crippen molar-refractivity contribution in [3.05, 3.63) is 34.6 Å². The van der Waals surface area contributed by atoms with E-state index < -0.39 is 11.9 Å². The summed E-state index contributed by atoms with van der Waals surface area (Å²) in [5.41, 5.74) is 0.612. The third-order valence-electron chi connectivity index (χ3n) is 3.63. The van der Waals surface area contributed by atoms with Crippen LogP contribution in [0.4, 0.5) is 4.39 Å². The van der Waals surface area contributed by atoms with Gasteiger partial charge in [-0.1, -0.05) is 24.6 Å². The summed E-state index contributed by atoms with van der Waals surface area (Å²) in [6.45, 7) is 2.98. The van der Waals surface area contributed by atoms with Gasteiger partial charge in [0.05, 0.1) is 12.5 Å². The van der Waals surface area contributed by atoms with Gasteiger partial charge in [0.15, 0.2) is 0 Å². The van der Waals surface area contributed by atoms with Crippen molar-refractivity contribution >= 4 is 17.5 Å². The molecule has 2 unspecified atom stereocenters. The molecule has 1 N–H and O–H groups in total. The van der Waals surface area contributed by atoms with Crippen molar-refractivity contribution in [2.24, 2.45) is 5.92 Å². The highest BCUT2D eigenvalue weighted by Gasteiger charge is 2.27. The molecule has 1 aromatic carbocycles. The van der Waals surface area contributed by atoms with Gasteiger partial charge in [-0.3, -0.25) is 4.79 Å². The van der Waals surface area contributed by atoms with E-state index in [9.17, 15) is 14.3 Å². The van der Waals surface area contributed by atoms with Gasteiger partial charge in [0.2, 0.25) is 5.91 Å². The molecule has 0 aliphatic carbocycles. The number of hydrogen-bond acceptors (Lipinski definition) is 2. The number of benzene rings is 1. The Balaban J connectivity index is 2.01. The fourth-order valence-corrected chi connectivity index (χ4v) is 2.45. The van der Waals surface area contributed by atoms with Gasteiger partial charge in [-0.15, -0.1) is 0 Å². The minimum Gasteiger partial charge on any atom is -0.391 e. The standard InChI is InChI=1S/C14H17ClFNO2/c1-9-4-5-17(8-13(9)18)14(19)6-10-2-3-11(16)7-12(10)15/h2-3,7,9,13,18H,4-6,8H2,1H3. The normalized spacial score (nSPS) is 23.5. The molecule has 1 fully saturated rings. The molecule has 1 amide bonds. The average Bonchev–Trinajstić information content (AvgIpc) is 2.36. The lowest BCUT2D eigenvalue weighted by atomic mass is 9.95. The molecular formula is C14H17ClFNO2. The highest BCUT2D eigenvalue weighted by molar-refractivity contribution is 6.31. The van der Waals surface area contributed by atoms with E-state index in [-0.39, 0.29) is 23.3 Å². The predicted octanol–water partition coefficient (Wildman–Crippen LogP) is 2.25. The zero-order chi connectivity index (χ0) is 14.0. The predicted molar refractivity (Wildman–Crippen MR) is 71.5 cm³/mol. The van der Waals surface area contributed by atoms with Crippen molar-refractivity contribution in [3.63, 3.8) is 0 Å². The topological polar surface area (TPSA) is 40.5 Å². The third kappa shape index (κ3) is 3.45. The second-order valence-corrected chi connectivity index (χ2v) is 5.49. The summed E-state index contributed by atoms with van der Waals surface area (Å²) in [6.07, 6.45) is 0.464. The first-order chi connectivity index (χ1) is 8.97. The van der Waals surface area contributed by atoms with Crippen molar-refractivity contribution in [2.75, 3.05) is 13.1 Å². The highest BCUT2D eigenvalue weighted by atomic mass is 35.5. The maximum absolute atomic E-state index is 12.9. The smallest absolute Gasteiger partial charge is 0.227 e. The Morgan fingerprint density at radius 1 is 1.58 bits per heavy atom. The molecular weight excluding hydrogens is 269 g/mol. The van der Waals surface area contributed by atoms with Crippen molar-refractivity contribution in [3.8, 4) is 0 Å². The van der Waals surface area contributed by atoms with Crippen molar-refractivity contribution in [1.82, 2.24) is 4.90 Å². The fraction of sp³-hybridized carbons (Fsp3) is 0.500. The Morgan fingerprint density at radius 2 is 2.32 bits per heavy atom. The third-order valence-corrected chi connectivity index (χ3v) is 3.98. The lowest BCUT2D eigenvalue weighted by Gasteiger charge is -2.34. The van der Waals surface area contributed by atoms with E-state index in [4.69, 9.17) is 11.6 Å². The summed E-state index contributed by atoms with van der Waals surface area (Å²) in [6, 6.07) is 4.03. The number of hydrogen-bond donors (Lipinski definition) is 1. The molecule has 2 atom stereocenters. The van der Waals surface area contributed by atoms with Crippen LogP contribution in [-0.2, 0) is 11.2 Å². The zero-order valence-corrected chi connectivity index (χ0v) is 11.5. The summed E-state index contributed by atoms with van der Waals surface area (Å²) in [7, 11) is 0. The second kappa shape index (κ2) is 5.88. The van der Waals surface area contributed by atoms with Crippen molar-refractivity contribution < 1.29 is 14.3 Å². The van der Waals surface area contributed by atoms with E-state index in [2.05, 4.69) is 0 Å². The lowest BCUT2D eigenvalue weighted by molar-refractivity contribution is -0.134. The van der Waals surface area contributed by atoms with Crippen LogP contribution in [-0.4, -0.2) is 35.1 Å². The van der Waals surface area contributed by atoms with E-state index in [1.54, 1.807) is 4.90 Å². The Bertz CT molecular complexity index is 481. The number of rotatable bonds is 2. The van der Waals surface area contributed by atoms with Crippen LogP contribution in [0.1, 0.15) is 18.9 Å². The summed E-state index contributed by atoms with van der Waals surface area (Å²) < 4.78 is 12.9. The SMILES string of the molecule is CC1CCN(C(=O)Cc2ccc(F)cc2Cl)CC1O. The Hall–Kier alpha value is -1.13. The van der Waals surface area contributed by atoms with Crippen LogP contribution in [0.2, 0.25) is 5.02 Å². The number of nitrogens with zero attached hydrogens (tertiary/aromatic N) is 1.